The molecule has 3 heteroatoms. The van der Waals surface area contributed by atoms with Crippen LogP contribution in [-0.2, 0) is 6.42 Å². The first kappa shape index (κ1) is 13.4. The van der Waals surface area contributed by atoms with Crippen molar-refractivity contribution in [3.05, 3.63) is 29.8 Å². The van der Waals surface area contributed by atoms with Gasteiger partial charge in [-0.25, -0.2) is 0 Å². The number of hydrogen-bond donors (Lipinski definition) is 1. The van der Waals surface area contributed by atoms with Crippen LogP contribution in [0.25, 0.3) is 0 Å². The van der Waals surface area contributed by atoms with Gasteiger partial charge in [0.2, 0.25) is 0 Å². The molecule has 1 aromatic carbocycles. The number of ether oxygens (including phenoxy) is 1. The molecule has 1 aliphatic heterocycles. The van der Waals surface area contributed by atoms with Crippen molar-refractivity contribution in [1.29, 1.82) is 0 Å². The summed E-state index contributed by atoms with van der Waals surface area (Å²) in [6, 6.07) is 8.90. The highest BCUT2D eigenvalue weighted by Gasteiger charge is 2.23. The number of rotatable bonds is 6. The molecule has 1 saturated heterocycles. The van der Waals surface area contributed by atoms with E-state index in [1.54, 1.807) is 7.11 Å². The predicted octanol–water partition coefficient (Wildman–Crippen LogP) is 2.08. The minimum atomic E-state index is 0.309. The van der Waals surface area contributed by atoms with Gasteiger partial charge < -0.3 is 9.84 Å². The first-order chi connectivity index (χ1) is 8.83. The van der Waals surface area contributed by atoms with E-state index < -0.39 is 0 Å². The van der Waals surface area contributed by atoms with Crippen molar-refractivity contribution in [1.82, 2.24) is 4.90 Å². The molecule has 100 valence electrons. The van der Waals surface area contributed by atoms with E-state index in [9.17, 15) is 0 Å². The van der Waals surface area contributed by atoms with Crippen molar-refractivity contribution in [3.8, 4) is 5.75 Å². The Bertz CT molecular complexity index is 350. The number of benzene rings is 1. The molecule has 1 unspecified atom stereocenters. The number of aliphatic hydroxyl groups excluding tert-OH is 1. The lowest BCUT2D eigenvalue weighted by Gasteiger charge is -2.23. The second-order valence-electron chi connectivity index (χ2n) is 4.94. The molecular weight excluding hydrogens is 226 g/mol. The van der Waals surface area contributed by atoms with E-state index in [0.29, 0.717) is 12.6 Å². The maximum absolute atomic E-state index is 9.05. The predicted molar refractivity (Wildman–Crippen MR) is 73.0 cm³/mol. The first-order valence-corrected chi connectivity index (χ1v) is 6.81. The average molecular weight is 249 g/mol. The van der Waals surface area contributed by atoms with Crippen molar-refractivity contribution in [3.63, 3.8) is 0 Å². The minimum Gasteiger partial charge on any atom is -0.497 e. The Kier molecular flexibility index (Phi) is 5.02. The van der Waals surface area contributed by atoms with Crippen LogP contribution in [0.4, 0.5) is 0 Å². The van der Waals surface area contributed by atoms with Gasteiger partial charge in [0.25, 0.3) is 0 Å². The molecular formula is C15H23NO2. The normalized spacial score (nSPS) is 20.2. The third-order valence-corrected chi connectivity index (χ3v) is 3.81. The quantitative estimate of drug-likeness (QED) is 0.838. The minimum absolute atomic E-state index is 0.309. The third kappa shape index (κ3) is 3.47. The van der Waals surface area contributed by atoms with Crippen LogP contribution in [0.15, 0.2) is 24.3 Å². The highest BCUT2D eigenvalue weighted by molar-refractivity contribution is 5.27. The molecule has 1 fully saturated rings. The maximum atomic E-state index is 9.05. The second-order valence-corrected chi connectivity index (χ2v) is 4.94. The Balaban J connectivity index is 1.82. The summed E-state index contributed by atoms with van der Waals surface area (Å²) in [5.74, 6) is 0.915. The first-order valence-electron chi connectivity index (χ1n) is 6.81. The molecule has 0 radical (unpaired) electrons. The van der Waals surface area contributed by atoms with Crippen LogP contribution in [0.1, 0.15) is 24.8 Å². The molecule has 0 saturated carbocycles. The molecule has 1 N–H and O–H groups in total. The lowest BCUT2D eigenvalue weighted by Crippen LogP contribution is -2.32. The lowest BCUT2D eigenvalue weighted by molar-refractivity contribution is 0.197. The second kappa shape index (κ2) is 6.76. The Morgan fingerprint density at radius 1 is 1.33 bits per heavy atom. The molecule has 0 aromatic heterocycles. The van der Waals surface area contributed by atoms with E-state index >= 15 is 0 Å². The number of likely N-dealkylation sites (tertiary alicyclic amines) is 1. The zero-order valence-electron chi connectivity index (χ0n) is 11.1. The van der Waals surface area contributed by atoms with Crippen LogP contribution in [0, 0.1) is 0 Å². The topological polar surface area (TPSA) is 32.7 Å². The summed E-state index contributed by atoms with van der Waals surface area (Å²) in [6.07, 6.45) is 4.50. The van der Waals surface area contributed by atoms with E-state index in [2.05, 4.69) is 17.0 Å². The van der Waals surface area contributed by atoms with Gasteiger partial charge in [0.15, 0.2) is 0 Å². The van der Waals surface area contributed by atoms with Gasteiger partial charge in [-0.3, -0.25) is 4.90 Å². The van der Waals surface area contributed by atoms with Gasteiger partial charge in [-0.05, 0) is 49.9 Å². The number of nitrogens with zero attached hydrogens (tertiary/aromatic N) is 1. The van der Waals surface area contributed by atoms with Crippen LogP contribution < -0.4 is 4.74 Å². The average Bonchev–Trinajstić information content (AvgIpc) is 2.85. The standard InChI is InChI=1S/C15H23NO2/c1-18-15-6-4-13(5-7-15)8-11-16-10-2-3-14(16)9-12-17/h4-7,14,17H,2-3,8-12H2,1H3. The molecule has 2 rings (SSSR count). The molecule has 0 bridgehead atoms. The fourth-order valence-corrected chi connectivity index (χ4v) is 2.73. The van der Waals surface area contributed by atoms with Crippen molar-refractivity contribution in [2.45, 2.75) is 31.7 Å². The molecule has 0 amide bonds. The Morgan fingerprint density at radius 2 is 2.11 bits per heavy atom. The smallest absolute Gasteiger partial charge is 0.118 e. The molecule has 0 aliphatic carbocycles. The molecule has 18 heavy (non-hydrogen) atoms. The van der Waals surface area contributed by atoms with E-state index in [0.717, 1.165) is 25.1 Å². The zero-order chi connectivity index (χ0) is 12.8. The monoisotopic (exact) mass is 249 g/mol. The summed E-state index contributed by atoms with van der Waals surface area (Å²) in [5, 5.41) is 9.05. The van der Waals surface area contributed by atoms with Crippen molar-refractivity contribution >= 4 is 0 Å². The van der Waals surface area contributed by atoms with Crippen LogP contribution in [0.2, 0.25) is 0 Å². The van der Waals surface area contributed by atoms with E-state index in [4.69, 9.17) is 9.84 Å². The highest BCUT2D eigenvalue weighted by Crippen LogP contribution is 2.20. The molecule has 1 heterocycles. The lowest BCUT2D eigenvalue weighted by atomic mass is 10.1. The van der Waals surface area contributed by atoms with Gasteiger partial charge in [0.05, 0.1) is 7.11 Å². The summed E-state index contributed by atoms with van der Waals surface area (Å²) in [6.45, 7) is 2.58. The maximum Gasteiger partial charge on any atom is 0.118 e. The fourth-order valence-electron chi connectivity index (χ4n) is 2.73. The van der Waals surface area contributed by atoms with Crippen LogP contribution >= 0.6 is 0 Å². The highest BCUT2D eigenvalue weighted by atomic mass is 16.5. The van der Waals surface area contributed by atoms with Gasteiger partial charge in [-0.1, -0.05) is 12.1 Å². The summed E-state index contributed by atoms with van der Waals surface area (Å²) in [7, 11) is 1.69. The van der Waals surface area contributed by atoms with Gasteiger partial charge in [-0.15, -0.1) is 0 Å². The number of hydrogen-bond acceptors (Lipinski definition) is 3. The summed E-state index contributed by atoms with van der Waals surface area (Å²) in [4.78, 5) is 2.51. The zero-order valence-corrected chi connectivity index (χ0v) is 11.1. The van der Waals surface area contributed by atoms with Gasteiger partial charge >= 0.3 is 0 Å². The number of methoxy groups -OCH3 is 1. The molecule has 1 aromatic rings. The third-order valence-electron chi connectivity index (χ3n) is 3.81. The number of aliphatic hydroxyl groups is 1. The van der Waals surface area contributed by atoms with E-state index in [1.807, 2.05) is 12.1 Å². The summed E-state index contributed by atoms with van der Waals surface area (Å²) >= 11 is 0. The Morgan fingerprint density at radius 3 is 2.78 bits per heavy atom. The van der Waals surface area contributed by atoms with Crippen molar-refractivity contribution < 1.29 is 9.84 Å². The van der Waals surface area contributed by atoms with Crippen LogP contribution in [-0.4, -0.2) is 42.9 Å². The van der Waals surface area contributed by atoms with E-state index in [-0.39, 0.29) is 0 Å². The molecule has 1 aliphatic rings. The van der Waals surface area contributed by atoms with Crippen molar-refractivity contribution in [2.75, 3.05) is 26.8 Å². The van der Waals surface area contributed by atoms with Gasteiger partial charge in [0.1, 0.15) is 5.75 Å². The Hall–Kier alpha value is -1.06. The van der Waals surface area contributed by atoms with E-state index in [1.165, 1.54) is 24.9 Å². The molecule has 3 nitrogen and oxygen atoms in total. The Labute approximate surface area is 109 Å². The van der Waals surface area contributed by atoms with Gasteiger partial charge in [0, 0.05) is 19.2 Å². The molecule has 0 spiro atoms. The summed E-state index contributed by atoms with van der Waals surface area (Å²) in [5.41, 5.74) is 1.35. The molecule has 1 atom stereocenters. The summed E-state index contributed by atoms with van der Waals surface area (Å²) < 4.78 is 5.16. The fraction of sp³-hybridized carbons (Fsp3) is 0.600. The van der Waals surface area contributed by atoms with Crippen LogP contribution in [0.5, 0.6) is 5.75 Å². The van der Waals surface area contributed by atoms with Crippen LogP contribution in [0.3, 0.4) is 0 Å². The van der Waals surface area contributed by atoms with Crippen molar-refractivity contribution in [2.24, 2.45) is 0 Å². The van der Waals surface area contributed by atoms with Gasteiger partial charge in [-0.2, -0.15) is 0 Å². The SMILES string of the molecule is COc1ccc(CCN2CCCC2CCO)cc1. The largest absolute Gasteiger partial charge is 0.497 e.